The molecule has 0 aromatic rings. The molecule has 0 amide bonds. The zero-order valence-electron chi connectivity index (χ0n) is 8.79. The van der Waals surface area contributed by atoms with E-state index in [4.69, 9.17) is 0 Å². The summed E-state index contributed by atoms with van der Waals surface area (Å²) < 4.78 is 24.4. The standard InChI is InChI=1S/C9H19NO2S/c1-9(2,3)7-5-8(6-7)10-13(4,11)12/h7-8,10H,5-6H2,1-4H3. The summed E-state index contributed by atoms with van der Waals surface area (Å²) in [7, 11) is -3.00. The fourth-order valence-electron chi connectivity index (χ4n) is 1.72. The Bertz CT molecular complexity index is 270. The van der Waals surface area contributed by atoms with Crippen LogP contribution >= 0.6 is 0 Å². The van der Waals surface area contributed by atoms with Crippen LogP contribution in [0.25, 0.3) is 0 Å². The molecule has 1 fully saturated rings. The second kappa shape index (κ2) is 3.24. The van der Waals surface area contributed by atoms with Gasteiger partial charge in [0.1, 0.15) is 0 Å². The van der Waals surface area contributed by atoms with Crippen LogP contribution in [0.2, 0.25) is 0 Å². The minimum atomic E-state index is -3.00. The van der Waals surface area contributed by atoms with Crippen LogP contribution in [0.5, 0.6) is 0 Å². The van der Waals surface area contributed by atoms with E-state index in [1.165, 1.54) is 6.26 Å². The first-order valence-electron chi connectivity index (χ1n) is 4.66. The summed E-state index contributed by atoms with van der Waals surface area (Å²) >= 11 is 0. The van der Waals surface area contributed by atoms with Crippen LogP contribution in [-0.4, -0.2) is 20.7 Å². The number of hydrogen-bond donors (Lipinski definition) is 1. The van der Waals surface area contributed by atoms with E-state index in [0.29, 0.717) is 11.3 Å². The van der Waals surface area contributed by atoms with Crippen LogP contribution in [0, 0.1) is 11.3 Å². The van der Waals surface area contributed by atoms with Crippen molar-refractivity contribution in [1.82, 2.24) is 4.72 Å². The van der Waals surface area contributed by atoms with Crippen molar-refractivity contribution >= 4 is 10.0 Å². The van der Waals surface area contributed by atoms with E-state index in [-0.39, 0.29) is 6.04 Å². The maximum atomic E-state index is 10.9. The highest BCUT2D eigenvalue weighted by atomic mass is 32.2. The van der Waals surface area contributed by atoms with Crippen LogP contribution in [0.1, 0.15) is 33.6 Å². The van der Waals surface area contributed by atoms with Crippen molar-refractivity contribution in [3.8, 4) is 0 Å². The highest BCUT2D eigenvalue weighted by Gasteiger charge is 2.38. The van der Waals surface area contributed by atoms with Crippen LogP contribution in [-0.2, 0) is 10.0 Å². The van der Waals surface area contributed by atoms with Gasteiger partial charge in [-0.25, -0.2) is 13.1 Å². The summed E-state index contributed by atoms with van der Waals surface area (Å²) in [6.07, 6.45) is 3.19. The minimum absolute atomic E-state index is 0.180. The van der Waals surface area contributed by atoms with Gasteiger partial charge in [0.15, 0.2) is 0 Å². The zero-order chi connectivity index (χ0) is 10.3. The number of sulfonamides is 1. The van der Waals surface area contributed by atoms with Crippen LogP contribution in [0.3, 0.4) is 0 Å². The van der Waals surface area contributed by atoms with E-state index in [9.17, 15) is 8.42 Å². The first-order valence-corrected chi connectivity index (χ1v) is 6.55. The molecule has 0 aromatic carbocycles. The molecular weight excluding hydrogens is 186 g/mol. The molecule has 13 heavy (non-hydrogen) atoms. The quantitative estimate of drug-likeness (QED) is 0.740. The highest BCUT2D eigenvalue weighted by molar-refractivity contribution is 7.88. The topological polar surface area (TPSA) is 46.2 Å². The number of hydrogen-bond acceptors (Lipinski definition) is 2. The molecule has 0 aromatic heterocycles. The zero-order valence-corrected chi connectivity index (χ0v) is 9.61. The summed E-state index contributed by atoms with van der Waals surface area (Å²) in [4.78, 5) is 0. The Hall–Kier alpha value is -0.0900. The highest BCUT2D eigenvalue weighted by Crippen LogP contribution is 2.41. The fraction of sp³-hybridized carbons (Fsp3) is 1.00. The summed E-state index contributed by atoms with van der Waals surface area (Å²) in [5.41, 5.74) is 0.315. The van der Waals surface area contributed by atoms with Crippen molar-refractivity contribution in [2.45, 2.75) is 39.7 Å². The van der Waals surface area contributed by atoms with Crippen LogP contribution < -0.4 is 4.72 Å². The second-order valence-electron chi connectivity index (χ2n) is 5.12. The van der Waals surface area contributed by atoms with Crippen molar-refractivity contribution in [2.24, 2.45) is 11.3 Å². The Morgan fingerprint density at radius 2 is 1.69 bits per heavy atom. The van der Waals surface area contributed by atoms with Gasteiger partial charge in [-0.2, -0.15) is 0 Å². The lowest BCUT2D eigenvalue weighted by Crippen LogP contribution is -2.47. The molecule has 0 unspecified atom stereocenters. The SMILES string of the molecule is CC(C)(C)C1CC(NS(C)(=O)=O)C1. The van der Waals surface area contributed by atoms with Crippen molar-refractivity contribution in [2.75, 3.05) is 6.26 Å². The Balaban J connectivity index is 2.35. The van der Waals surface area contributed by atoms with Gasteiger partial charge in [0.2, 0.25) is 10.0 Å². The molecule has 1 aliphatic rings. The van der Waals surface area contributed by atoms with Crippen molar-refractivity contribution in [3.63, 3.8) is 0 Å². The van der Waals surface area contributed by atoms with Gasteiger partial charge in [-0.05, 0) is 24.2 Å². The Morgan fingerprint density at radius 1 is 1.23 bits per heavy atom. The van der Waals surface area contributed by atoms with E-state index in [2.05, 4.69) is 25.5 Å². The lowest BCUT2D eigenvalue weighted by molar-refractivity contribution is 0.110. The first kappa shape index (κ1) is 11.0. The molecule has 0 heterocycles. The normalized spacial score (nSPS) is 29.8. The monoisotopic (exact) mass is 205 g/mol. The third-order valence-electron chi connectivity index (χ3n) is 2.74. The molecule has 3 nitrogen and oxygen atoms in total. The smallest absolute Gasteiger partial charge is 0.208 e. The van der Waals surface area contributed by atoms with E-state index < -0.39 is 10.0 Å². The number of rotatable bonds is 2. The molecule has 1 rings (SSSR count). The molecule has 0 bridgehead atoms. The predicted octanol–water partition coefficient (Wildman–Crippen LogP) is 1.36. The summed E-state index contributed by atoms with van der Waals surface area (Å²) in [5.74, 6) is 0.659. The maximum Gasteiger partial charge on any atom is 0.208 e. The molecule has 0 atom stereocenters. The number of nitrogens with one attached hydrogen (secondary N) is 1. The second-order valence-corrected chi connectivity index (χ2v) is 6.90. The van der Waals surface area contributed by atoms with Gasteiger partial charge >= 0.3 is 0 Å². The summed E-state index contributed by atoms with van der Waals surface area (Å²) in [6, 6.07) is 0.180. The lowest BCUT2D eigenvalue weighted by Gasteiger charge is -2.43. The summed E-state index contributed by atoms with van der Waals surface area (Å²) in [6.45, 7) is 6.61. The Kier molecular flexibility index (Phi) is 2.74. The van der Waals surface area contributed by atoms with Crippen molar-refractivity contribution in [3.05, 3.63) is 0 Å². The lowest BCUT2D eigenvalue weighted by atomic mass is 9.66. The molecule has 0 aliphatic heterocycles. The van der Waals surface area contributed by atoms with E-state index in [0.717, 1.165) is 12.8 Å². The van der Waals surface area contributed by atoms with Gasteiger partial charge in [-0.15, -0.1) is 0 Å². The van der Waals surface area contributed by atoms with E-state index in [1.807, 2.05) is 0 Å². The minimum Gasteiger partial charge on any atom is -0.213 e. The van der Waals surface area contributed by atoms with E-state index in [1.54, 1.807) is 0 Å². The van der Waals surface area contributed by atoms with Gasteiger partial charge in [0.25, 0.3) is 0 Å². The first-order chi connectivity index (χ1) is 5.68. The van der Waals surface area contributed by atoms with Gasteiger partial charge in [0, 0.05) is 6.04 Å². The van der Waals surface area contributed by atoms with Crippen molar-refractivity contribution in [1.29, 1.82) is 0 Å². The van der Waals surface area contributed by atoms with Gasteiger partial charge in [-0.1, -0.05) is 20.8 Å². The van der Waals surface area contributed by atoms with Gasteiger partial charge < -0.3 is 0 Å². The van der Waals surface area contributed by atoms with Gasteiger partial charge in [0.05, 0.1) is 6.26 Å². The maximum absolute atomic E-state index is 10.9. The van der Waals surface area contributed by atoms with Crippen molar-refractivity contribution < 1.29 is 8.42 Å². The Labute approximate surface area is 81.0 Å². The molecule has 1 saturated carbocycles. The average molecular weight is 205 g/mol. The third-order valence-corrected chi connectivity index (χ3v) is 3.51. The third kappa shape index (κ3) is 3.27. The predicted molar refractivity (Wildman–Crippen MR) is 53.9 cm³/mol. The molecule has 0 spiro atoms. The molecule has 0 saturated heterocycles. The fourth-order valence-corrected chi connectivity index (χ4v) is 2.52. The van der Waals surface area contributed by atoms with Crippen LogP contribution in [0.15, 0.2) is 0 Å². The van der Waals surface area contributed by atoms with E-state index >= 15 is 0 Å². The van der Waals surface area contributed by atoms with Gasteiger partial charge in [-0.3, -0.25) is 0 Å². The molecule has 4 heteroatoms. The molecule has 1 N–H and O–H groups in total. The molecule has 1 aliphatic carbocycles. The Morgan fingerprint density at radius 3 is 2.00 bits per heavy atom. The molecule has 0 radical (unpaired) electrons. The van der Waals surface area contributed by atoms with Crippen LogP contribution in [0.4, 0.5) is 0 Å². The molecular formula is C9H19NO2S. The largest absolute Gasteiger partial charge is 0.213 e. The molecule has 78 valence electrons. The average Bonchev–Trinajstić information content (AvgIpc) is 1.71. The summed E-state index contributed by atoms with van der Waals surface area (Å²) in [5, 5.41) is 0.